The maximum Gasteiger partial charge on any atom is 0.500 e. The minimum atomic E-state index is -2.63. The van der Waals surface area contributed by atoms with Gasteiger partial charge < -0.3 is 18.0 Å². The summed E-state index contributed by atoms with van der Waals surface area (Å²) in [5.41, 5.74) is 0. The van der Waals surface area contributed by atoms with Gasteiger partial charge in [0.2, 0.25) is 5.12 Å². The SMILES string of the molecule is CCCCO[Si](CCCSC(=O)COc1ccccc1)(OCC)OCC. The van der Waals surface area contributed by atoms with E-state index in [0.29, 0.717) is 31.3 Å². The van der Waals surface area contributed by atoms with Gasteiger partial charge in [-0.3, -0.25) is 4.79 Å². The number of benzene rings is 1. The van der Waals surface area contributed by atoms with Gasteiger partial charge in [0.25, 0.3) is 0 Å². The van der Waals surface area contributed by atoms with E-state index in [0.717, 1.165) is 25.3 Å². The average molecular weight is 401 g/mol. The lowest BCUT2D eigenvalue weighted by Gasteiger charge is -2.29. The van der Waals surface area contributed by atoms with E-state index in [9.17, 15) is 4.79 Å². The first kappa shape index (κ1) is 23.2. The first-order valence-corrected chi connectivity index (χ1v) is 12.3. The molecule has 0 bridgehead atoms. The van der Waals surface area contributed by atoms with Crippen LogP contribution in [0, 0.1) is 0 Å². The largest absolute Gasteiger partial charge is 0.500 e. The molecular formula is C19H32O5SSi. The highest BCUT2D eigenvalue weighted by Gasteiger charge is 2.39. The molecule has 0 amide bonds. The highest BCUT2D eigenvalue weighted by molar-refractivity contribution is 8.13. The van der Waals surface area contributed by atoms with Crippen LogP contribution in [0.2, 0.25) is 6.04 Å². The first-order chi connectivity index (χ1) is 12.7. The predicted octanol–water partition coefficient (Wildman–Crippen LogP) is 4.54. The molecule has 1 aromatic rings. The fourth-order valence-electron chi connectivity index (χ4n) is 2.33. The molecule has 0 fully saturated rings. The third-order valence-electron chi connectivity index (χ3n) is 3.54. The Balaban J connectivity index is 2.34. The zero-order valence-corrected chi connectivity index (χ0v) is 18.0. The summed E-state index contributed by atoms with van der Waals surface area (Å²) in [7, 11) is -2.63. The molecule has 0 aromatic heterocycles. The van der Waals surface area contributed by atoms with Gasteiger partial charge in [0.05, 0.1) is 0 Å². The number of para-hydroxylation sites is 1. The van der Waals surface area contributed by atoms with Crippen LogP contribution in [0.1, 0.15) is 40.0 Å². The van der Waals surface area contributed by atoms with Crippen LogP contribution in [0.5, 0.6) is 5.75 Å². The summed E-state index contributed by atoms with van der Waals surface area (Å²) in [6.07, 6.45) is 2.90. The van der Waals surface area contributed by atoms with Gasteiger partial charge in [0.1, 0.15) is 5.75 Å². The molecule has 1 rings (SSSR count). The van der Waals surface area contributed by atoms with Crippen molar-refractivity contribution in [3.8, 4) is 5.75 Å². The summed E-state index contributed by atoms with van der Waals surface area (Å²) < 4.78 is 23.3. The van der Waals surface area contributed by atoms with Gasteiger partial charge in [-0.2, -0.15) is 0 Å². The van der Waals surface area contributed by atoms with Crippen LogP contribution in [-0.4, -0.2) is 46.1 Å². The molecule has 0 heterocycles. The fraction of sp³-hybridized carbons (Fsp3) is 0.632. The van der Waals surface area contributed by atoms with Crippen molar-refractivity contribution in [3.63, 3.8) is 0 Å². The van der Waals surface area contributed by atoms with E-state index >= 15 is 0 Å². The van der Waals surface area contributed by atoms with Crippen LogP contribution in [0.3, 0.4) is 0 Å². The Hall–Kier alpha value is -0.863. The third kappa shape index (κ3) is 9.73. The Morgan fingerprint density at radius 2 is 1.69 bits per heavy atom. The molecule has 5 nitrogen and oxygen atoms in total. The predicted molar refractivity (Wildman–Crippen MR) is 109 cm³/mol. The quantitative estimate of drug-likeness (QED) is 0.318. The molecule has 0 unspecified atom stereocenters. The molecule has 0 atom stereocenters. The number of rotatable bonds is 15. The topological polar surface area (TPSA) is 54.0 Å². The number of thioether (sulfide) groups is 1. The molecule has 7 heteroatoms. The maximum absolute atomic E-state index is 12.0. The number of ether oxygens (including phenoxy) is 1. The molecule has 26 heavy (non-hydrogen) atoms. The summed E-state index contributed by atoms with van der Waals surface area (Å²) in [5, 5.41) is 0.0286. The van der Waals surface area contributed by atoms with Gasteiger partial charge >= 0.3 is 8.80 Å². The van der Waals surface area contributed by atoms with Crippen LogP contribution in [0.15, 0.2) is 30.3 Å². The molecule has 0 aliphatic carbocycles. The highest BCUT2D eigenvalue weighted by atomic mass is 32.2. The molecule has 148 valence electrons. The summed E-state index contributed by atoms with van der Waals surface area (Å²) in [4.78, 5) is 12.0. The number of unbranched alkanes of at least 4 members (excludes halogenated alkanes) is 1. The third-order valence-corrected chi connectivity index (χ3v) is 7.54. The van der Waals surface area contributed by atoms with Gasteiger partial charge in [-0.1, -0.05) is 43.3 Å². The second-order valence-corrected chi connectivity index (χ2v) is 9.56. The van der Waals surface area contributed by atoms with Crippen molar-refractivity contribution in [2.45, 2.75) is 46.1 Å². The van der Waals surface area contributed by atoms with Crippen LogP contribution in [0.25, 0.3) is 0 Å². The van der Waals surface area contributed by atoms with E-state index in [4.69, 9.17) is 18.0 Å². The van der Waals surface area contributed by atoms with Crippen LogP contribution in [-0.2, 0) is 18.1 Å². The van der Waals surface area contributed by atoms with Gasteiger partial charge in [-0.15, -0.1) is 0 Å². The lowest BCUT2D eigenvalue weighted by Crippen LogP contribution is -2.46. The summed E-state index contributed by atoms with van der Waals surface area (Å²) in [5.74, 6) is 1.42. The summed E-state index contributed by atoms with van der Waals surface area (Å²) in [6.45, 7) is 7.96. The van der Waals surface area contributed by atoms with E-state index in [1.807, 2.05) is 44.2 Å². The van der Waals surface area contributed by atoms with Gasteiger partial charge in [-0.05, 0) is 38.8 Å². The molecule has 0 N–H and O–H groups in total. The van der Waals surface area contributed by atoms with Crippen LogP contribution >= 0.6 is 11.8 Å². The Kier molecular flexibility index (Phi) is 12.7. The van der Waals surface area contributed by atoms with Crippen LogP contribution in [0.4, 0.5) is 0 Å². The van der Waals surface area contributed by atoms with E-state index in [1.165, 1.54) is 11.8 Å². The number of hydrogen-bond acceptors (Lipinski definition) is 6. The number of carbonyl (C=O) groups is 1. The smallest absolute Gasteiger partial charge is 0.485 e. The molecule has 0 saturated heterocycles. The van der Waals surface area contributed by atoms with Crippen LogP contribution < -0.4 is 4.74 Å². The standard InChI is InChI=1S/C19H32O5SSi/c1-4-7-14-24-26(22-5-2,23-6-3)16-11-15-25-19(20)17-21-18-12-9-8-10-13-18/h8-10,12-13H,4-7,11,14-17H2,1-3H3. The lowest BCUT2D eigenvalue weighted by atomic mass is 10.3. The minimum Gasteiger partial charge on any atom is -0.485 e. The Labute approximate surface area is 163 Å². The first-order valence-electron chi connectivity index (χ1n) is 9.41. The van der Waals surface area contributed by atoms with Crippen molar-refractivity contribution in [1.82, 2.24) is 0 Å². The molecule has 0 saturated carbocycles. The van der Waals surface area contributed by atoms with E-state index < -0.39 is 8.80 Å². The van der Waals surface area contributed by atoms with Crippen molar-refractivity contribution >= 4 is 25.7 Å². The zero-order chi connectivity index (χ0) is 19.1. The minimum absolute atomic E-state index is 0.0286. The number of carbonyl (C=O) groups excluding carboxylic acids is 1. The average Bonchev–Trinajstić information content (AvgIpc) is 2.65. The lowest BCUT2D eigenvalue weighted by molar-refractivity contribution is -0.112. The van der Waals surface area contributed by atoms with Crippen molar-refractivity contribution in [2.24, 2.45) is 0 Å². The molecule has 0 aliphatic rings. The van der Waals surface area contributed by atoms with Gasteiger partial charge in [-0.25, -0.2) is 0 Å². The second-order valence-electron chi connectivity index (χ2n) is 5.68. The van der Waals surface area contributed by atoms with Gasteiger partial charge in [0, 0.05) is 31.6 Å². The fourth-order valence-corrected chi connectivity index (χ4v) is 5.87. The zero-order valence-electron chi connectivity index (χ0n) is 16.2. The molecule has 1 aromatic carbocycles. The summed E-state index contributed by atoms with van der Waals surface area (Å²) >= 11 is 1.29. The Morgan fingerprint density at radius 1 is 1.00 bits per heavy atom. The molecule has 0 spiro atoms. The van der Waals surface area contributed by atoms with Crippen molar-refractivity contribution < 1.29 is 22.8 Å². The van der Waals surface area contributed by atoms with Crippen molar-refractivity contribution in [1.29, 1.82) is 0 Å². The maximum atomic E-state index is 12.0. The Bertz CT molecular complexity index is 480. The van der Waals surface area contributed by atoms with E-state index in [1.54, 1.807) is 0 Å². The molecule has 0 radical (unpaired) electrons. The summed E-state index contributed by atoms with van der Waals surface area (Å²) in [6, 6.07) is 10.1. The Morgan fingerprint density at radius 3 is 2.31 bits per heavy atom. The van der Waals surface area contributed by atoms with E-state index in [2.05, 4.69) is 6.92 Å². The normalized spacial score (nSPS) is 11.5. The molecule has 0 aliphatic heterocycles. The second kappa shape index (κ2) is 14.2. The number of hydrogen-bond donors (Lipinski definition) is 0. The van der Waals surface area contributed by atoms with Gasteiger partial charge in [0.15, 0.2) is 6.61 Å². The van der Waals surface area contributed by atoms with E-state index in [-0.39, 0.29) is 11.7 Å². The highest BCUT2D eigenvalue weighted by Crippen LogP contribution is 2.21. The molecular weight excluding hydrogens is 368 g/mol. The van der Waals surface area contributed by atoms with Crippen molar-refractivity contribution in [3.05, 3.63) is 30.3 Å². The monoisotopic (exact) mass is 400 g/mol. The van der Waals surface area contributed by atoms with Crippen molar-refractivity contribution in [2.75, 3.05) is 32.2 Å².